The van der Waals surface area contributed by atoms with E-state index in [4.69, 9.17) is 0 Å². The number of nitrogens with zero attached hydrogens (tertiary/aromatic N) is 1. The van der Waals surface area contributed by atoms with E-state index in [-0.39, 0.29) is 36.3 Å². The molecule has 6 heteroatoms. The van der Waals surface area contributed by atoms with Crippen LogP contribution in [0.5, 0.6) is 0 Å². The maximum Gasteiger partial charge on any atom is 0.315 e. The molecular weight excluding hydrogens is 309 g/mol. The molecule has 3 rings (SSSR count). The van der Waals surface area contributed by atoms with Crippen LogP contribution in [-0.2, 0) is 4.79 Å². The van der Waals surface area contributed by atoms with Crippen LogP contribution in [0.1, 0.15) is 39.0 Å². The predicted octanol–water partition coefficient (Wildman–Crippen LogP) is 2.81. The van der Waals surface area contributed by atoms with E-state index in [0.717, 1.165) is 19.3 Å². The number of benzene rings is 1. The van der Waals surface area contributed by atoms with Gasteiger partial charge in [-0.15, -0.1) is 0 Å². The molecule has 0 spiro atoms. The van der Waals surface area contributed by atoms with Gasteiger partial charge in [0.05, 0.1) is 6.04 Å². The van der Waals surface area contributed by atoms with Gasteiger partial charge < -0.3 is 15.5 Å². The van der Waals surface area contributed by atoms with Crippen molar-refractivity contribution in [1.82, 2.24) is 10.6 Å². The molecule has 2 aliphatic rings. The molecule has 2 fully saturated rings. The van der Waals surface area contributed by atoms with Crippen molar-refractivity contribution in [3.8, 4) is 0 Å². The van der Waals surface area contributed by atoms with Gasteiger partial charge in [-0.1, -0.05) is 19.8 Å². The quantitative estimate of drug-likeness (QED) is 0.893. The zero-order valence-corrected chi connectivity index (χ0v) is 13.9. The monoisotopic (exact) mass is 333 g/mol. The van der Waals surface area contributed by atoms with Crippen LogP contribution in [0.2, 0.25) is 0 Å². The third-order valence-corrected chi connectivity index (χ3v) is 5.03. The third kappa shape index (κ3) is 3.86. The number of halogens is 1. The van der Waals surface area contributed by atoms with Gasteiger partial charge in [-0.25, -0.2) is 9.18 Å². The van der Waals surface area contributed by atoms with Crippen LogP contribution in [0.4, 0.5) is 14.9 Å². The van der Waals surface area contributed by atoms with Crippen LogP contribution in [0.3, 0.4) is 0 Å². The Bertz CT molecular complexity index is 605. The molecule has 24 heavy (non-hydrogen) atoms. The molecule has 0 unspecified atom stereocenters. The van der Waals surface area contributed by atoms with Gasteiger partial charge >= 0.3 is 6.03 Å². The van der Waals surface area contributed by atoms with Crippen LogP contribution in [-0.4, -0.2) is 30.6 Å². The average Bonchev–Trinajstić information content (AvgIpc) is 2.90. The van der Waals surface area contributed by atoms with Crippen LogP contribution in [0.25, 0.3) is 0 Å². The molecule has 1 saturated carbocycles. The summed E-state index contributed by atoms with van der Waals surface area (Å²) in [5.74, 6) is 0.101. The van der Waals surface area contributed by atoms with Crippen molar-refractivity contribution >= 4 is 17.6 Å². The molecule has 0 bridgehead atoms. The molecule has 5 nitrogen and oxygen atoms in total. The highest BCUT2D eigenvalue weighted by Gasteiger charge is 2.32. The number of amides is 3. The van der Waals surface area contributed by atoms with E-state index in [0.29, 0.717) is 18.2 Å². The summed E-state index contributed by atoms with van der Waals surface area (Å²) >= 11 is 0. The van der Waals surface area contributed by atoms with E-state index in [2.05, 4.69) is 17.6 Å². The first-order valence-corrected chi connectivity index (χ1v) is 8.66. The van der Waals surface area contributed by atoms with Crippen molar-refractivity contribution < 1.29 is 14.0 Å². The summed E-state index contributed by atoms with van der Waals surface area (Å²) in [6.45, 7) is 2.58. The summed E-state index contributed by atoms with van der Waals surface area (Å²) in [6, 6.07) is 5.62. The van der Waals surface area contributed by atoms with E-state index in [1.54, 1.807) is 17.0 Å². The average molecular weight is 333 g/mol. The van der Waals surface area contributed by atoms with Crippen molar-refractivity contribution in [1.29, 1.82) is 0 Å². The first-order chi connectivity index (χ1) is 11.5. The fourth-order valence-electron chi connectivity index (χ4n) is 3.60. The van der Waals surface area contributed by atoms with Crippen LogP contribution < -0.4 is 15.5 Å². The van der Waals surface area contributed by atoms with Gasteiger partial charge in [-0.3, -0.25) is 4.79 Å². The van der Waals surface area contributed by atoms with Crippen LogP contribution in [0.15, 0.2) is 24.3 Å². The number of urea groups is 1. The molecule has 130 valence electrons. The molecule has 1 saturated heterocycles. The van der Waals surface area contributed by atoms with E-state index < -0.39 is 0 Å². The molecule has 1 aliphatic carbocycles. The largest absolute Gasteiger partial charge is 0.335 e. The lowest BCUT2D eigenvalue weighted by atomic mass is 9.86. The highest BCUT2D eigenvalue weighted by molar-refractivity contribution is 5.96. The zero-order valence-electron chi connectivity index (χ0n) is 13.9. The number of hydrogen-bond donors (Lipinski definition) is 2. The Hall–Kier alpha value is -2.11. The lowest BCUT2D eigenvalue weighted by Gasteiger charge is -2.30. The number of hydrogen-bond acceptors (Lipinski definition) is 2. The minimum absolute atomic E-state index is 0.0575. The molecule has 0 radical (unpaired) electrons. The molecule has 3 amide bonds. The fraction of sp³-hybridized carbons (Fsp3) is 0.556. The second kappa shape index (κ2) is 7.20. The Balaban J connectivity index is 1.54. The fourth-order valence-corrected chi connectivity index (χ4v) is 3.60. The highest BCUT2D eigenvalue weighted by atomic mass is 19.1. The smallest absolute Gasteiger partial charge is 0.315 e. The van der Waals surface area contributed by atoms with Crippen molar-refractivity contribution in [2.24, 2.45) is 5.92 Å². The SMILES string of the molecule is C[C@H]1CCCC[C@H]1NC(=O)N[C@@H]1CC(=O)N(c2ccc(F)cc2)C1. The molecule has 1 aromatic rings. The van der Waals surface area contributed by atoms with Crippen molar-refractivity contribution in [3.63, 3.8) is 0 Å². The summed E-state index contributed by atoms with van der Waals surface area (Å²) in [5.41, 5.74) is 0.659. The molecule has 2 N–H and O–H groups in total. The Morgan fingerprint density at radius 1 is 1.17 bits per heavy atom. The standard InChI is InChI=1S/C18H24FN3O2/c1-12-4-2-3-5-16(12)21-18(24)20-14-10-17(23)22(11-14)15-8-6-13(19)7-9-15/h6-9,12,14,16H,2-5,10-11H2,1H3,(H2,20,21,24)/t12-,14+,16+/m0/s1. The topological polar surface area (TPSA) is 61.4 Å². The third-order valence-electron chi connectivity index (χ3n) is 5.03. The van der Waals surface area contributed by atoms with E-state index in [9.17, 15) is 14.0 Å². The van der Waals surface area contributed by atoms with Gasteiger partial charge in [0.1, 0.15) is 5.82 Å². The lowest BCUT2D eigenvalue weighted by Crippen LogP contribution is -2.49. The van der Waals surface area contributed by atoms with Crippen molar-refractivity contribution in [2.75, 3.05) is 11.4 Å². The Morgan fingerprint density at radius 3 is 2.58 bits per heavy atom. The molecule has 0 aromatic heterocycles. The molecule has 1 aromatic carbocycles. The highest BCUT2D eigenvalue weighted by Crippen LogP contribution is 2.24. The number of rotatable bonds is 3. The maximum absolute atomic E-state index is 13.0. The Labute approximate surface area is 141 Å². The minimum Gasteiger partial charge on any atom is -0.335 e. The van der Waals surface area contributed by atoms with Gasteiger partial charge in [0.2, 0.25) is 5.91 Å². The lowest BCUT2D eigenvalue weighted by molar-refractivity contribution is -0.117. The van der Waals surface area contributed by atoms with Gasteiger partial charge in [-0.2, -0.15) is 0 Å². The van der Waals surface area contributed by atoms with Gasteiger partial charge in [0, 0.05) is 24.7 Å². The molecule has 3 atom stereocenters. The molecule has 1 heterocycles. The molecule has 1 aliphatic heterocycles. The van der Waals surface area contributed by atoms with Crippen molar-refractivity contribution in [2.45, 2.75) is 51.1 Å². The van der Waals surface area contributed by atoms with Crippen LogP contribution in [0, 0.1) is 11.7 Å². The predicted molar refractivity (Wildman–Crippen MR) is 90.2 cm³/mol. The summed E-state index contributed by atoms with van der Waals surface area (Å²) < 4.78 is 13.0. The first kappa shape index (κ1) is 16.7. The van der Waals surface area contributed by atoms with Crippen molar-refractivity contribution in [3.05, 3.63) is 30.1 Å². The van der Waals surface area contributed by atoms with Gasteiger partial charge in [0.25, 0.3) is 0 Å². The Kier molecular flexibility index (Phi) is 5.02. The number of carbonyl (C=O) groups is 2. The van der Waals surface area contributed by atoms with Crippen LogP contribution >= 0.6 is 0 Å². The Morgan fingerprint density at radius 2 is 1.88 bits per heavy atom. The number of carbonyl (C=O) groups excluding carboxylic acids is 2. The summed E-state index contributed by atoms with van der Waals surface area (Å²) in [4.78, 5) is 26.0. The molecular formula is C18H24FN3O2. The number of nitrogens with one attached hydrogen (secondary N) is 2. The second-order valence-corrected chi connectivity index (χ2v) is 6.87. The summed E-state index contributed by atoms with van der Waals surface area (Å²) in [5, 5.41) is 5.94. The first-order valence-electron chi connectivity index (χ1n) is 8.66. The summed E-state index contributed by atoms with van der Waals surface area (Å²) in [7, 11) is 0. The maximum atomic E-state index is 13.0. The normalized spacial score (nSPS) is 27.2. The zero-order chi connectivity index (χ0) is 17.1. The summed E-state index contributed by atoms with van der Waals surface area (Å²) in [6.07, 6.45) is 4.80. The minimum atomic E-state index is -0.332. The van der Waals surface area contributed by atoms with Gasteiger partial charge in [0.15, 0.2) is 0 Å². The second-order valence-electron chi connectivity index (χ2n) is 6.87. The number of anilines is 1. The van der Waals surface area contributed by atoms with E-state index in [1.165, 1.54) is 18.6 Å². The van der Waals surface area contributed by atoms with E-state index in [1.807, 2.05) is 0 Å². The van der Waals surface area contributed by atoms with E-state index >= 15 is 0 Å². The van der Waals surface area contributed by atoms with Gasteiger partial charge in [-0.05, 0) is 43.0 Å².